The van der Waals surface area contributed by atoms with Crippen LogP contribution >= 0.6 is 0 Å². The molecule has 1 N–H and O–H groups in total. The Hall–Kier alpha value is -3.28. The van der Waals surface area contributed by atoms with E-state index in [1.165, 1.54) is 13.0 Å². The molecule has 1 amide bonds. The first-order valence-corrected chi connectivity index (χ1v) is 8.98. The minimum Gasteiger partial charge on any atom is -0.493 e. The number of rotatable bonds is 8. The average Bonchev–Trinajstić information content (AvgIpc) is 2.67. The highest BCUT2D eigenvalue weighted by Crippen LogP contribution is 2.29. The van der Waals surface area contributed by atoms with E-state index in [9.17, 15) is 9.59 Å². The van der Waals surface area contributed by atoms with Crippen molar-refractivity contribution in [2.45, 2.75) is 33.0 Å². The summed E-state index contributed by atoms with van der Waals surface area (Å²) in [5.41, 5.74) is 1.38. The molecule has 1 atom stereocenters. The van der Waals surface area contributed by atoms with Crippen molar-refractivity contribution in [3.8, 4) is 11.5 Å². The number of nitrogens with one attached hydrogen (secondary N) is 1. The summed E-state index contributed by atoms with van der Waals surface area (Å²) in [4.78, 5) is 24.1. The van der Waals surface area contributed by atoms with E-state index in [-0.39, 0.29) is 6.10 Å². The number of anilines is 1. The van der Waals surface area contributed by atoms with Crippen molar-refractivity contribution in [3.63, 3.8) is 0 Å². The van der Waals surface area contributed by atoms with Gasteiger partial charge in [-0.05, 0) is 56.7 Å². The summed E-state index contributed by atoms with van der Waals surface area (Å²) in [6.07, 6.45) is 1.96. The molecule has 0 radical (unpaired) electrons. The Morgan fingerprint density at radius 2 is 1.71 bits per heavy atom. The SMILES string of the molecule is COc1cc(/C=C/C(=O)O[C@@H](C)C(=O)Nc2ccccc2)ccc1OC(C)C. The van der Waals surface area contributed by atoms with E-state index in [2.05, 4.69) is 5.32 Å². The van der Waals surface area contributed by atoms with E-state index < -0.39 is 18.0 Å². The van der Waals surface area contributed by atoms with Crippen molar-refractivity contribution < 1.29 is 23.8 Å². The molecule has 2 aromatic rings. The maximum Gasteiger partial charge on any atom is 0.331 e. The van der Waals surface area contributed by atoms with E-state index in [1.807, 2.05) is 19.9 Å². The molecule has 0 aromatic heterocycles. The molecular formula is C22H25NO5. The minimum absolute atomic E-state index is 0.0220. The number of esters is 1. The average molecular weight is 383 g/mol. The Morgan fingerprint density at radius 3 is 2.36 bits per heavy atom. The maximum atomic E-state index is 12.1. The zero-order chi connectivity index (χ0) is 20.5. The Morgan fingerprint density at radius 1 is 1.00 bits per heavy atom. The first kappa shape index (κ1) is 21.0. The molecule has 148 valence electrons. The van der Waals surface area contributed by atoms with Gasteiger partial charge in [-0.1, -0.05) is 24.3 Å². The van der Waals surface area contributed by atoms with Crippen LogP contribution in [-0.4, -0.2) is 31.2 Å². The maximum absolute atomic E-state index is 12.1. The van der Waals surface area contributed by atoms with Crippen molar-refractivity contribution in [3.05, 3.63) is 60.2 Å². The second-order valence-electron chi connectivity index (χ2n) is 6.34. The molecule has 0 saturated heterocycles. The summed E-state index contributed by atoms with van der Waals surface area (Å²) in [7, 11) is 1.55. The largest absolute Gasteiger partial charge is 0.493 e. The van der Waals surface area contributed by atoms with Crippen LogP contribution < -0.4 is 14.8 Å². The highest BCUT2D eigenvalue weighted by atomic mass is 16.5. The predicted molar refractivity (Wildman–Crippen MR) is 108 cm³/mol. The van der Waals surface area contributed by atoms with Gasteiger partial charge < -0.3 is 19.5 Å². The highest BCUT2D eigenvalue weighted by Gasteiger charge is 2.16. The number of ether oxygens (including phenoxy) is 3. The van der Waals surface area contributed by atoms with Gasteiger partial charge in [0.1, 0.15) is 0 Å². The van der Waals surface area contributed by atoms with E-state index in [4.69, 9.17) is 14.2 Å². The van der Waals surface area contributed by atoms with Crippen molar-refractivity contribution >= 4 is 23.6 Å². The zero-order valence-corrected chi connectivity index (χ0v) is 16.5. The van der Waals surface area contributed by atoms with Crippen LogP contribution in [0.15, 0.2) is 54.6 Å². The van der Waals surface area contributed by atoms with Crippen LogP contribution in [0.2, 0.25) is 0 Å². The topological polar surface area (TPSA) is 73.9 Å². The van der Waals surface area contributed by atoms with Crippen LogP contribution in [0.25, 0.3) is 6.08 Å². The van der Waals surface area contributed by atoms with Gasteiger partial charge in [0.15, 0.2) is 17.6 Å². The second-order valence-corrected chi connectivity index (χ2v) is 6.34. The normalized spacial score (nSPS) is 11.9. The fourth-order valence-corrected chi connectivity index (χ4v) is 2.34. The van der Waals surface area contributed by atoms with Crippen molar-refractivity contribution in [2.75, 3.05) is 12.4 Å². The number of hydrogen-bond donors (Lipinski definition) is 1. The molecule has 0 bridgehead atoms. The Kier molecular flexibility index (Phi) is 7.63. The third-order valence-corrected chi connectivity index (χ3v) is 3.67. The van der Waals surface area contributed by atoms with Crippen molar-refractivity contribution in [2.24, 2.45) is 0 Å². The third kappa shape index (κ3) is 6.46. The lowest BCUT2D eigenvalue weighted by molar-refractivity contribution is -0.148. The Bertz CT molecular complexity index is 830. The van der Waals surface area contributed by atoms with Crippen molar-refractivity contribution in [1.29, 1.82) is 0 Å². The smallest absolute Gasteiger partial charge is 0.331 e. The summed E-state index contributed by atoms with van der Waals surface area (Å²) >= 11 is 0. The van der Waals surface area contributed by atoms with E-state index in [1.54, 1.807) is 55.7 Å². The summed E-state index contributed by atoms with van der Waals surface area (Å²) in [5, 5.41) is 2.69. The first-order valence-electron chi connectivity index (χ1n) is 8.98. The van der Waals surface area contributed by atoms with Gasteiger partial charge in [-0.2, -0.15) is 0 Å². The van der Waals surface area contributed by atoms with Gasteiger partial charge in [0, 0.05) is 11.8 Å². The molecule has 0 aliphatic heterocycles. The van der Waals surface area contributed by atoms with Gasteiger partial charge in [0.25, 0.3) is 5.91 Å². The lowest BCUT2D eigenvalue weighted by Crippen LogP contribution is -2.29. The fourth-order valence-electron chi connectivity index (χ4n) is 2.34. The summed E-state index contributed by atoms with van der Waals surface area (Å²) in [6, 6.07) is 14.3. The van der Waals surface area contributed by atoms with Crippen LogP contribution in [0.4, 0.5) is 5.69 Å². The number of carbonyl (C=O) groups excluding carboxylic acids is 2. The van der Waals surface area contributed by atoms with E-state index >= 15 is 0 Å². The van der Waals surface area contributed by atoms with Crippen LogP contribution in [0.3, 0.4) is 0 Å². The van der Waals surface area contributed by atoms with Gasteiger partial charge >= 0.3 is 5.97 Å². The van der Waals surface area contributed by atoms with Crippen LogP contribution in [0.1, 0.15) is 26.3 Å². The second kappa shape index (κ2) is 10.2. The molecule has 6 heteroatoms. The zero-order valence-electron chi connectivity index (χ0n) is 16.5. The van der Waals surface area contributed by atoms with Gasteiger partial charge in [0.05, 0.1) is 13.2 Å². The fraction of sp³-hybridized carbons (Fsp3) is 0.273. The van der Waals surface area contributed by atoms with Gasteiger partial charge in [-0.25, -0.2) is 4.79 Å². The van der Waals surface area contributed by atoms with Crippen LogP contribution in [0, 0.1) is 0 Å². The molecule has 28 heavy (non-hydrogen) atoms. The highest BCUT2D eigenvalue weighted by molar-refractivity contribution is 5.96. The summed E-state index contributed by atoms with van der Waals surface area (Å²) in [5.74, 6) is 0.185. The molecule has 6 nitrogen and oxygen atoms in total. The molecule has 2 aromatic carbocycles. The van der Waals surface area contributed by atoms with E-state index in [0.717, 1.165) is 5.56 Å². The standard InChI is InChI=1S/C22H25NO5/c1-15(2)27-19-12-10-17(14-20(19)26-4)11-13-21(24)28-16(3)22(25)23-18-8-6-5-7-9-18/h5-16H,1-4H3,(H,23,25)/b13-11+/t16-/m0/s1. The lowest BCUT2D eigenvalue weighted by Gasteiger charge is -2.14. The molecule has 0 fully saturated rings. The number of methoxy groups -OCH3 is 1. The predicted octanol–water partition coefficient (Wildman–Crippen LogP) is 4.07. The number of amides is 1. The molecule has 2 rings (SSSR count). The minimum atomic E-state index is -0.922. The Balaban J connectivity index is 1.94. The van der Waals surface area contributed by atoms with Crippen molar-refractivity contribution in [1.82, 2.24) is 0 Å². The number of hydrogen-bond acceptors (Lipinski definition) is 5. The first-order chi connectivity index (χ1) is 13.4. The lowest BCUT2D eigenvalue weighted by atomic mass is 10.2. The molecule has 0 saturated carbocycles. The number of carbonyl (C=O) groups is 2. The quantitative estimate of drug-likeness (QED) is 0.549. The summed E-state index contributed by atoms with van der Waals surface area (Å²) < 4.78 is 16.1. The van der Waals surface area contributed by atoms with Gasteiger partial charge in [-0.15, -0.1) is 0 Å². The summed E-state index contributed by atoms with van der Waals surface area (Å²) in [6.45, 7) is 5.38. The molecular weight excluding hydrogens is 358 g/mol. The third-order valence-electron chi connectivity index (χ3n) is 3.67. The van der Waals surface area contributed by atoms with Crippen LogP contribution in [-0.2, 0) is 14.3 Å². The Labute approximate surface area is 165 Å². The number of benzene rings is 2. The molecule has 0 spiro atoms. The van der Waals surface area contributed by atoms with E-state index in [0.29, 0.717) is 17.2 Å². The molecule has 0 aliphatic rings. The van der Waals surface area contributed by atoms with Gasteiger partial charge in [-0.3, -0.25) is 4.79 Å². The van der Waals surface area contributed by atoms with Crippen LogP contribution in [0.5, 0.6) is 11.5 Å². The van der Waals surface area contributed by atoms with Gasteiger partial charge in [0.2, 0.25) is 0 Å². The molecule has 0 unspecified atom stereocenters. The molecule has 0 aliphatic carbocycles. The molecule has 0 heterocycles. The number of para-hydroxylation sites is 1. The monoisotopic (exact) mass is 383 g/mol.